The number of sulfone groups is 1. The summed E-state index contributed by atoms with van der Waals surface area (Å²) in [5, 5.41) is 8.02. The number of nitrogens with zero attached hydrogens (tertiary/aromatic N) is 4. The van der Waals surface area contributed by atoms with E-state index in [0.717, 1.165) is 0 Å². The maximum absolute atomic E-state index is 12.8. The first-order valence-corrected chi connectivity index (χ1v) is 10.2. The second-order valence-electron chi connectivity index (χ2n) is 5.89. The van der Waals surface area contributed by atoms with E-state index >= 15 is 0 Å². The number of aromatic nitrogens is 2. The molecule has 1 aromatic heterocycles. The van der Waals surface area contributed by atoms with Crippen LogP contribution < -0.4 is 10.6 Å². The number of urea groups is 1. The minimum absolute atomic E-state index is 0.00382. The molecule has 12 heteroatoms. The van der Waals surface area contributed by atoms with Gasteiger partial charge >= 0.3 is 6.03 Å². The van der Waals surface area contributed by atoms with Gasteiger partial charge in [0.1, 0.15) is 12.5 Å². The Hall–Kier alpha value is -3.28. The summed E-state index contributed by atoms with van der Waals surface area (Å²) in [5.74, 6) is -0.654. The third kappa shape index (κ3) is 6.38. The molecular formula is C17H22N6O5S. The van der Waals surface area contributed by atoms with Crippen molar-refractivity contribution in [2.24, 2.45) is 10.1 Å². The van der Waals surface area contributed by atoms with E-state index in [0.29, 0.717) is 11.4 Å². The fourth-order valence-electron chi connectivity index (χ4n) is 2.26. The summed E-state index contributed by atoms with van der Waals surface area (Å²) in [6.45, 7) is 8.94. The Labute approximate surface area is 168 Å². The lowest BCUT2D eigenvalue weighted by Gasteiger charge is -2.16. The van der Waals surface area contributed by atoms with Crippen LogP contribution in [0.2, 0.25) is 0 Å². The minimum Gasteiger partial charge on any atom is -0.472 e. The van der Waals surface area contributed by atoms with Gasteiger partial charge in [0.2, 0.25) is 15.8 Å². The summed E-state index contributed by atoms with van der Waals surface area (Å²) in [6.07, 6.45) is 2.53. The molecule has 0 fully saturated rings. The molecule has 0 spiro atoms. The van der Waals surface area contributed by atoms with Gasteiger partial charge in [-0.05, 0) is 32.0 Å². The van der Waals surface area contributed by atoms with Crippen LogP contribution in [0.1, 0.15) is 18.3 Å². The number of carbonyl (C=O) groups excluding carboxylic acids is 1. The van der Waals surface area contributed by atoms with E-state index in [2.05, 4.69) is 37.3 Å². The maximum atomic E-state index is 12.8. The van der Waals surface area contributed by atoms with Gasteiger partial charge in [-0.2, -0.15) is 0 Å². The van der Waals surface area contributed by atoms with Crippen LogP contribution in [-0.2, 0) is 19.4 Å². The predicted molar refractivity (Wildman–Crippen MR) is 108 cm³/mol. The average molecular weight is 422 g/mol. The molecule has 0 unspecified atom stereocenters. The Balaban J connectivity index is 2.17. The average Bonchev–Trinajstić information content (AvgIpc) is 2.66. The number of oxime groups is 1. The van der Waals surface area contributed by atoms with Crippen molar-refractivity contribution < 1.29 is 22.8 Å². The lowest BCUT2D eigenvalue weighted by molar-refractivity contribution is 0.0652. The van der Waals surface area contributed by atoms with E-state index in [1.54, 1.807) is 19.9 Å². The summed E-state index contributed by atoms with van der Waals surface area (Å²) < 4.78 is 30.8. The SMILES string of the molecule is C=CC=NC(=C(C)C1=NOCCO1)S(=O)(=O)CNC(=O)Nc1nc(C)cc(C)n1. The van der Waals surface area contributed by atoms with Crippen molar-refractivity contribution in [3.63, 3.8) is 0 Å². The van der Waals surface area contributed by atoms with Gasteiger partial charge in [0.05, 0.1) is 5.57 Å². The fraction of sp³-hybridized carbons (Fsp3) is 0.353. The number of hydrogen-bond donors (Lipinski definition) is 2. The summed E-state index contributed by atoms with van der Waals surface area (Å²) in [7, 11) is -4.04. The summed E-state index contributed by atoms with van der Waals surface area (Å²) in [4.78, 5) is 29.0. The number of anilines is 1. The molecule has 29 heavy (non-hydrogen) atoms. The van der Waals surface area contributed by atoms with Crippen LogP contribution in [0.5, 0.6) is 0 Å². The number of rotatable bonds is 7. The number of ether oxygens (including phenoxy) is 1. The van der Waals surface area contributed by atoms with Gasteiger partial charge in [-0.1, -0.05) is 12.7 Å². The molecule has 11 nitrogen and oxygen atoms in total. The van der Waals surface area contributed by atoms with Crippen molar-refractivity contribution in [3.05, 3.63) is 40.7 Å². The number of nitrogens with one attached hydrogen (secondary N) is 2. The first kappa shape index (κ1) is 22.0. The van der Waals surface area contributed by atoms with Crippen LogP contribution in [0.25, 0.3) is 0 Å². The Morgan fingerprint density at radius 2 is 2.00 bits per heavy atom. The second kappa shape index (κ2) is 9.78. The number of allylic oxidation sites excluding steroid dienone is 1. The van der Waals surface area contributed by atoms with Gasteiger partial charge in [0.25, 0.3) is 5.90 Å². The van der Waals surface area contributed by atoms with Crippen LogP contribution in [0, 0.1) is 13.8 Å². The smallest absolute Gasteiger partial charge is 0.322 e. The van der Waals surface area contributed by atoms with Crippen LogP contribution in [0.3, 0.4) is 0 Å². The molecule has 1 aromatic rings. The predicted octanol–water partition coefficient (Wildman–Crippen LogP) is 1.44. The van der Waals surface area contributed by atoms with Crippen molar-refractivity contribution in [1.29, 1.82) is 0 Å². The van der Waals surface area contributed by atoms with Crippen LogP contribution in [-0.4, -0.2) is 55.6 Å². The van der Waals surface area contributed by atoms with Gasteiger partial charge < -0.3 is 14.9 Å². The van der Waals surface area contributed by atoms with Crippen LogP contribution >= 0.6 is 0 Å². The molecule has 2 heterocycles. The monoisotopic (exact) mass is 422 g/mol. The van der Waals surface area contributed by atoms with Gasteiger partial charge in [-0.25, -0.2) is 28.2 Å². The summed E-state index contributed by atoms with van der Waals surface area (Å²) in [5.41, 5.74) is 1.47. The first-order chi connectivity index (χ1) is 13.7. The van der Waals surface area contributed by atoms with E-state index in [1.807, 2.05) is 0 Å². The molecule has 2 N–H and O–H groups in total. The summed E-state index contributed by atoms with van der Waals surface area (Å²) in [6, 6.07) is 0.961. The topological polar surface area (TPSA) is 144 Å². The van der Waals surface area contributed by atoms with Gasteiger partial charge in [0.15, 0.2) is 11.6 Å². The molecule has 0 aliphatic carbocycles. The number of aliphatic imine (C=N–C) groups is 1. The maximum Gasteiger partial charge on any atom is 0.322 e. The largest absolute Gasteiger partial charge is 0.472 e. The highest BCUT2D eigenvalue weighted by Gasteiger charge is 2.25. The normalized spacial score (nSPS) is 14.9. The Morgan fingerprint density at radius 1 is 1.31 bits per heavy atom. The van der Waals surface area contributed by atoms with Gasteiger partial charge in [-0.15, -0.1) is 0 Å². The lowest BCUT2D eigenvalue weighted by atomic mass is 10.3. The van der Waals surface area contributed by atoms with Crippen LogP contribution in [0.4, 0.5) is 10.7 Å². The number of aryl methyl sites for hydroxylation is 2. The van der Waals surface area contributed by atoms with Crippen LogP contribution in [0.15, 0.2) is 39.5 Å². The molecule has 156 valence electrons. The molecule has 0 saturated heterocycles. The molecule has 0 bridgehead atoms. The second-order valence-corrected chi connectivity index (χ2v) is 7.79. The highest BCUT2D eigenvalue weighted by Crippen LogP contribution is 2.18. The minimum atomic E-state index is -4.04. The Kier molecular flexibility index (Phi) is 7.42. The lowest BCUT2D eigenvalue weighted by Crippen LogP contribution is -2.34. The van der Waals surface area contributed by atoms with E-state index < -0.39 is 21.7 Å². The number of amides is 2. The van der Waals surface area contributed by atoms with Crippen molar-refractivity contribution in [2.75, 3.05) is 24.4 Å². The highest BCUT2D eigenvalue weighted by atomic mass is 32.2. The third-order valence-corrected chi connectivity index (χ3v) is 4.95. The third-order valence-electron chi connectivity index (χ3n) is 3.42. The molecular weight excluding hydrogens is 400 g/mol. The zero-order chi connectivity index (χ0) is 21.4. The van der Waals surface area contributed by atoms with E-state index in [-0.39, 0.29) is 35.7 Å². The van der Waals surface area contributed by atoms with Gasteiger partial charge in [-0.3, -0.25) is 5.32 Å². The molecule has 2 rings (SSSR count). The number of carbonyl (C=O) groups is 1. The molecule has 1 aliphatic rings. The molecule has 0 saturated carbocycles. The molecule has 1 aliphatic heterocycles. The zero-order valence-electron chi connectivity index (χ0n) is 16.3. The standard InChI is InChI=1S/C17H22N6O5S/c1-5-6-18-15(13(4)14-23-28-8-7-27-14)29(25,26)10-19-17(24)22-16-20-11(2)9-12(3)21-16/h5-6,9H,1,7-8,10H2,2-4H3,(H2,19,20,21,22,24). The fourth-order valence-corrected chi connectivity index (χ4v) is 3.49. The molecule has 0 atom stereocenters. The van der Waals surface area contributed by atoms with E-state index in [4.69, 9.17) is 9.57 Å². The number of hydrogen-bond acceptors (Lipinski definition) is 9. The molecule has 2 amide bonds. The highest BCUT2D eigenvalue weighted by molar-refractivity contribution is 7.95. The Bertz CT molecular complexity index is 964. The van der Waals surface area contributed by atoms with E-state index in [1.165, 1.54) is 19.2 Å². The van der Waals surface area contributed by atoms with Crippen molar-refractivity contribution in [3.8, 4) is 0 Å². The Morgan fingerprint density at radius 3 is 2.59 bits per heavy atom. The molecule has 0 radical (unpaired) electrons. The van der Waals surface area contributed by atoms with Crippen molar-refractivity contribution in [1.82, 2.24) is 15.3 Å². The molecule has 0 aromatic carbocycles. The first-order valence-electron chi connectivity index (χ1n) is 8.52. The quantitative estimate of drug-likeness (QED) is 0.633. The van der Waals surface area contributed by atoms with Crippen molar-refractivity contribution >= 4 is 33.9 Å². The van der Waals surface area contributed by atoms with E-state index in [9.17, 15) is 13.2 Å². The summed E-state index contributed by atoms with van der Waals surface area (Å²) >= 11 is 0. The van der Waals surface area contributed by atoms with Crippen molar-refractivity contribution in [2.45, 2.75) is 20.8 Å². The zero-order valence-corrected chi connectivity index (χ0v) is 17.1. The van der Waals surface area contributed by atoms with Gasteiger partial charge in [0, 0.05) is 17.6 Å².